The van der Waals surface area contributed by atoms with Crippen LogP contribution in [0.15, 0.2) is 85.2 Å². The predicted octanol–water partition coefficient (Wildman–Crippen LogP) is 4.65. The first-order valence-corrected chi connectivity index (χ1v) is 14.1. The summed E-state index contributed by atoms with van der Waals surface area (Å²) in [6.07, 6.45) is 3.93. The smallest absolute Gasteiger partial charge is 0.186 e. The SMILES string of the molecule is CO[C@@H]1O[C@H](COCCCCCN)[C@@H](OCc2ccncc2)[C@H](OCc2ccccc2)[C@H]1OCc1ccccc1. The summed E-state index contributed by atoms with van der Waals surface area (Å²) in [5, 5.41) is 0. The molecule has 2 aromatic carbocycles. The summed E-state index contributed by atoms with van der Waals surface area (Å²) < 4.78 is 37.9. The number of hydrogen-bond donors (Lipinski definition) is 1. The summed E-state index contributed by atoms with van der Waals surface area (Å²) in [4.78, 5) is 4.12. The van der Waals surface area contributed by atoms with E-state index in [2.05, 4.69) is 4.98 Å². The molecule has 1 saturated heterocycles. The number of unbranched alkanes of at least 4 members (excludes halogenated alkanes) is 2. The van der Waals surface area contributed by atoms with Gasteiger partial charge in [-0.25, -0.2) is 0 Å². The lowest BCUT2D eigenvalue weighted by atomic mass is 9.98. The topological polar surface area (TPSA) is 94.3 Å². The van der Waals surface area contributed by atoms with Crippen LogP contribution >= 0.6 is 0 Å². The van der Waals surface area contributed by atoms with Crippen molar-refractivity contribution >= 4 is 0 Å². The van der Waals surface area contributed by atoms with E-state index in [4.69, 9.17) is 34.2 Å². The van der Waals surface area contributed by atoms with Crippen LogP contribution in [0.2, 0.25) is 0 Å². The van der Waals surface area contributed by atoms with Gasteiger partial charge in [0.1, 0.15) is 24.4 Å². The maximum absolute atomic E-state index is 6.60. The number of pyridine rings is 1. The Morgan fingerprint density at radius 2 is 1.27 bits per heavy atom. The number of nitrogens with two attached hydrogens (primary N) is 1. The zero-order valence-electron chi connectivity index (χ0n) is 23.3. The average molecular weight is 551 g/mol. The van der Waals surface area contributed by atoms with Crippen LogP contribution in [0.3, 0.4) is 0 Å². The van der Waals surface area contributed by atoms with Crippen LogP contribution in [0.4, 0.5) is 0 Å². The molecule has 0 unspecified atom stereocenters. The number of benzene rings is 2. The summed E-state index contributed by atoms with van der Waals surface area (Å²) in [6.45, 7) is 2.82. The van der Waals surface area contributed by atoms with Gasteiger partial charge in [-0.15, -0.1) is 0 Å². The number of ether oxygens (including phenoxy) is 6. The Bertz CT molecular complexity index is 1060. The van der Waals surface area contributed by atoms with Crippen molar-refractivity contribution < 1.29 is 28.4 Å². The van der Waals surface area contributed by atoms with Gasteiger partial charge in [0.05, 0.1) is 26.4 Å². The molecule has 40 heavy (non-hydrogen) atoms. The second-order valence-electron chi connectivity index (χ2n) is 9.86. The predicted molar refractivity (Wildman–Crippen MR) is 152 cm³/mol. The molecule has 0 amide bonds. The number of rotatable bonds is 17. The molecule has 8 nitrogen and oxygen atoms in total. The summed E-state index contributed by atoms with van der Waals surface area (Å²) in [6, 6.07) is 24.0. The van der Waals surface area contributed by atoms with E-state index >= 15 is 0 Å². The van der Waals surface area contributed by atoms with E-state index in [0.29, 0.717) is 39.6 Å². The van der Waals surface area contributed by atoms with Crippen molar-refractivity contribution in [3.05, 3.63) is 102 Å². The van der Waals surface area contributed by atoms with Crippen LogP contribution in [-0.2, 0) is 48.2 Å². The van der Waals surface area contributed by atoms with Crippen LogP contribution in [0, 0.1) is 0 Å². The monoisotopic (exact) mass is 550 g/mol. The first-order chi connectivity index (χ1) is 19.8. The van der Waals surface area contributed by atoms with Crippen LogP contribution in [-0.4, -0.2) is 62.6 Å². The molecule has 1 aromatic heterocycles. The van der Waals surface area contributed by atoms with Crippen molar-refractivity contribution in [2.24, 2.45) is 5.73 Å². The largest absolute Gasteiger partial charge is 0.379 e. The molecule has 1 aliphatic rings. The summed E-state index contributed by atoms with van der Waals surface area (Å²) in [5.41, 5.74) is 8.75. The number of hydrogen-bond acceptors (Lipinski definition) is 8. The highest BCUT2D eigenvalue weighted by molar-refractivity contribution is 5.15. The van der Waals surface area contributed by atoms with Gasteiger partial charge in [-0.3, -0.25) is 4.98 Å². The van der Waals surface area contributed by atoms with Crippen LogP contribution in [0.1, 0.15) is 36.0 Å². The molecular formula is C32H42N2O6. The van der Waals surface area contributed by atoms with E-state index in [0.717, 1.165) is 36.0 Å². The normalized spacial score (nSPS) is 22.8. The second-order valence-corrected chi connectivity index (χ2v) is 9.86. The number of methoxy groups -OCH3 is 1. The summed E-state index contributed by atoms with van der Waals surface area (Å²) in [7, 11) is 1.63. The molecule has 2 heterocycles. The third-order valence-electron chi connectivity index (χ3n) is 6.86. The molecule has 4 rings (SSSR count). The molecule has 0 saturated carbocycles. The fourth-order valence-electron chi connectivity index (χ4n) is 4.70. The molecule has 2 N–H and O–H groups in total. The Balaban J connectivity index is 1.54. The molecule has 8 heteroatoms. The Labute approximate surface area is 237 Å². The molecule has 0 radical (unpaired) electrons. The van der Waals surface area contributed by atoms with Crippen molar-refractivity contribution in [2.45, 2.75) is 69.8 Å². The van der Waals surface area contributed by atoms with Crippen molar-refractivity contribution in [2.75, 3.05) is 26.9 Å². The van der Waals surface area contributed by atoms with Gasteiger partial charge in [-0.1, -0.05) is 60.7 Å². The lowest BCUT2D eigenvalue weighted by Gasteiger charge is -2.45. The van der Waals surface area contributed by atoms with E-state index in [1.165, 1.54) is 0 Å². The van der Waals surface area contributed by atoms with E-state index in [9.17, 15) is 0 Å². The van der Waals surface area contributed by atoms with Gasteiger partial charge in [-0.05, 0) is 54.6 Å². The van der Waals surface area contributed by atoms with Crippen molar-refractivity contribution in [1.82, 2.24) is 4.98 Å². The van der Waals surface area contributed by atoms with Gasteiger partial charge in [0, 0.05) is 26.1 Å². The highest BCUT2D eigenvalue weighted by atomic mass is 16.7. The first-order valence-electron chi connectivity index (χ1n) is 14.1. The third-order valence-corrected chi connectivity index (χ3v) is 6.86. The molecule has 216 valence electrons. The Kier molecular flexibility index (Phi) is 13.0. The quantitative estimate of drug-likeness (QED) is 0.243. The molecule has 1 aliphatic heterocycles. The van der Waals surface area contributed by atoms with E-state index in [1.807, 2.05) is 72.8 Å². The Morgan fingerprint density at radius 3 is 1.88 bits per heavy atom. The highest BCUT2D eigenvalue weighted by Gasteiger charge is 2.48. The van der Waals surface area contributed by atoms with E-state index in [1.54, 1.807) is 19.5 Å². The van der Waals surface area contributed by atoms with Crippen molar-refractivity contribution in [1.29, 1.82) is 0 Å². The molecule has 5 atom stereocenters. The highest BCUT2D eigenvalue weighted by Crippen LogP contribution is 2.31. The molecular weight excluding hydrogens is 508 g/mol. The van der Waals surface area contributed by atoms with Crippen molar-refractivity contribution in [3.8, 4) is 0 Å². The number of nitrogens with zero attached hydrogens (tertiary/aromatic N) is 1. The minimum atomic E-state index is -0.656. The van der Waals surface area contributed by atoms with Crippen LogP contribution < -0.4 is 5.73 Å². The molecule has 0 spiro atoms. The zero-order chi connectivity index (χ0) is 27.8. The lowest BCUT2D eigenvalue weighted by Crippen LogP contribution is -2.61. The second kappa shape index (κ2) is 17.2. The average Bonchev–Trinajstić information content (AvgIpc) is 3.01. The Hall–Kier alpha value is -2.69. The van der Waals surface area contributed by atoms with Crippen LogP contribution in [0.25, 0.3) is 0 Å². The molecule has 1 fully saturated rings. The van der Waals surface area contributed by atoms with Gasteiger partial charge in [-0.2, -0.15) is 0 Å². The standard InChI is InChI=1S/C32H42N2O6/c1-35-32-31(39-22-26-13-7-3-8-14-26)30(38-21-25-11-5-2-6-12-25)29(37-23-27-15-18-34-19-16-27)28(40-32)24-36-20-10-4-9-17-33/h2-3,5-8,11-16,18-19,28-32H,4,9-10,17,20-24,33H2,1H3/t28-,29-,30+,31-,32-/m1/s1. The fraction of sp³-hybridized carbons (Fsp3) is 0.469. The first kappa shape index (κ1) is 30.3. The number of aromatic nitrogens is 1. The van der Waals surface area contributed by atoms with Crippen LogP contribution in [0.5, 0.6) is 0 Å². The van der Waals surface area contributed by atoms with Gasteiger partial charge in [0.25, 0.3) is 0 Å². The zero-order valence-corrected chi connectivity index (χ0v) is 23.3. The molecule has 0 aliphatic carbocycles. The summed E-state index contributed by atoms with van der Waals surface area (Å²) in [5.74, 6) is 0. The van der Waals surface area contributed by atoms with E-state index < -0.39 is 30.7 Å². The molecule has 3 aromatic rings. The third kappa shape index (κ3) is 9.45. The van der Waals surface area contributed by atoms with E-state index in [-0.39, 0.29) is 0 Å². The molecule has 0 bridgehead atoms. The fourth-order valence-corrected chi connectivity index (χ4v) is 4.70. The minimum Gasteiger partial charge on any atom is -0.379 e. The van der Waals surface area contributed by atoms with Gasteiger partial charge in [0.2, 0.25) is 0 Å². The Morgan fingerprint density at radius 1 is 0.700 bits per heavy atom. The summed E-state index contributed by atoms with van der Waals surface area (Å²) >= 11 is 0. The van der Waals surface area contributed by atoms with Gasteiger partial charge < -0.3 is 34.2 Å². The maximum Gasteiger partial charge on any atom is 0.186 e. The van der Waals surface area contributed by atoms with Gasteiger partial charge >= 0.3 is 0 Å². The van der Waals surface area contributed by atoms with Crippen molar-refractivity contribution in [3.63, 3.8) is 0 Å². The van der Waals surface area contributed by atoms with Gasteiger partial charge in [0.15, 0.2) is 6.29 Å². The maximum atomic E-state index is 6.60. The minimum absolute atomic E-state index is 0.347. The lowest BCUT2D eigenvalue weighted by molar-refractivity contribution is -0.323.